The molecule has 0 radical (unpaired) electrons. The van der Waals surface area contributed by atoms with Gasteiger partial charge in [-0.25, -0.2) is 4.79 Å². The molecule has 5 aliphatic rings. The highest BCUT2D eigenvalue weighted by Gasteiger charge is 2.68. The van der Waals surface area contributed by atoms with Crippen LogP contribution >= 0.6 is 0 Å². The van der Waals surface area contributed by atoms with Crippen LogP contribution in [0.2, 0.25) is 0 Å². The molecule has 1 aliphatic heterocycles. The van der Waals surface area contributed by atoms with Crippen molar-refractivity contribution in [3.8, 4) is 0 Å². The zero-order valence-corrected chi connectivity index (χ0v) is 21.7. The second-order valence-electron chi connectivity index (χ2n) is 12.4. The van der Waals surface area contributed by atoms with Crippen LogP contribution in [0, 0.1) is 28.6 Å². The molecule has 0 aromatic carbocycles. The Morgan fingerprint density at radius 3 is 2.45 bits per heavy atom. The molecule has 0 bridgehead atoms. The molecule has 12 atom stereocenters. The number of fused-ring (bicyclic) bond motifs is 5. The lowest BCUT2D eigenvalue weighted by Gasteiger charge is -2.60. The first-order chi connectivity index (χ1) is 17.7. The Labute approximate surface area is 220 Å². The fraction of sp³-hybridized carbons (Fsp3) is 0.815. The molecule has 0 unspecified atom stereocenters. The number of ether oxygens (including phenoxy) is 2. The minimum Gasteiger partial charge on any atom is -0.456 e. The molecule has 5 rings (SSSR count). The van der Waals surface area contributed by atoms with Gasteiger partial charge in [-0.2, -0.15) is 0 Å². The largest absolute Gasteiger partial charge is 0.456 e. The Balaban J connectivity index is 1.31. The van der Waals surface area contributed by atoms with Crippen LogP contribution in [0.4, 0.5) is 0 Å². The normalized spacial score (nSPS) is 50.4. The van der Waals surface area contributed by atoms with Crippen molar-refractivity contribution in [3.05, 3.63) is 11.6 Å². The van der Waals surface area contributed by atoms with E-state index in [1.807, 2.05) is 6.92 Å². The summed E-state index contributed by atoms with van der Waals surface area (Å²) in [6.07, 6.45) is -4.88. The summed E-state index contributed by atoms with van der Waals surface area (Å²) < 4.78 is 9.89. The third-order valence-corrected chi connectivity index (χ3v) is 10.7. The molecular weight excluding hydrogens is 500 g/mol. The standard InChI is InChI=1S/C27H38O11/c1-25-7-5-13(28)9-12(25)3-4-14-15-6-8-27(36,26(15,2)10-16(29)18(14)25)17(30)11-37-24(35)22-20(32)19(31)21(33)23(34)38-22/h9,14-16,18-23,29,31-34,36H,3-8,10-11H2,1-2H3/t14-,15-,16-,18+,19-,20-,21+,22-,23+,25-,26-,27-/m0/s1. The number of allylic oxidation sites excluding steroid dienone is 1. The molecule has 3 saturated carbocycles. The maximum Gasteiger partial charge on any atom is 0.338 e. The minimum absolute atomic E-state index is 0.0492. The third-order valence-electron chi connectivity index (χ3n) is 10.7. The van der Waals surface area contributed by atoms with Crippen molar-refractivity contribution in [1.29, 1.82) is 0 Å². The Morgan fingerprint density at radius 1 is 1.03 bits per heavy atom. The predicted molar refractivity (Wildman–Crippen MR) is 128 cm³/mol. The SMILES string of the molecule is C[C@]12CCC(=O)C=C1CC[C@@H]1[C@@H]2[C@@H](O)C[C@@]2(C)[C@H]1CC[C@]2(O)C(=O)COC(=O)[C@H]1O[C@@H](O)[C@H](O)[C@@H](O)[C@@H]1O. The minimum atomic E-state index is -1.94. The van der Waals surface area contributed by atoms with E-state index in [1.165, 1.54) is 0 Å². The molecule has 0 spiro atoms. The Kier molecular flexibility index (Phi) is 6.91. The third kappa shape index (κ3) is 3.93. The Bertz CT molecular complexity index is 1040. The van der Waals surface area contributed by atoms with Crippen LogP contribution in [0.5, 0.6) is 0 Å². The summed E-state index contributed by atoms with van der Waals surface area (Å²) in [6.45, 7) is 3.11. The average Bonchev–Trinajstić information content (AvgIpc) is 3.14. The van der Waals surface area contributed by atoms with Gasteiger partial charge in [0.15, 0.2) is 24.8 Å². The molecule has 6 N–H and O–H groups in total. The van der Waals surface area contributed by atoms with Crippen molar-refractivity contribution in [2.24, 2.45) is 28.6 Å². The van der Waals surface area contributed by atoms with Crippen LogP contribution in [0.15, 0.2) is 11.6 Å². The van der Waals surface area contributed by atoms with Crippen LogP contribution in [-0.4, -0.2) is 97.2 Å². The van der Waals surface area contributed by atoms with Gasteiger partial charge in [-0.15, -0.1) is 0 Å². The Morgan fingerprint density at radius 2 is 1.74 bits per heavy atom. The lowest BCUT2D eigenvalue weighted by atomic mass is 9.45. The predicted octanol–water partition coefficient (Wildman–Crippen LogP) is -0.868. The monoisotopic (exact) mass is 538 g/mol. The van der Waals surface area contributed by atoms with Crippen LogP contribution in [0.25, 0.3) is 0 Å². The summed E-state index contributed by atoms with van der Waals surface area (Å²) >= 11 is 0. The quantitative estimate of drug-likeness (QED) is 0.244. The number of esters is 1. The smallest absolute Gasteiger partial charge is 0.338 e. The van der Waals surface area contributed by atoms with Crippen LogP contribution in [-0.2, 0) is 23.9 Å². The highest BCUT2D eigenvalue weighted by molar-refractivity contribution is 5.92. The van der Waals surface area contributed by atoms with Gasteiger partial charge in [0.05, 0.1) is 6.10 Å². The van der Waals surface area contributed by atoms with Gasteiger partial charge in [-0.05, 0) is 67.8 Å². The van der Waals surface area contributed by atoms with Crippen LogP contribution in [0.3, 0.4) is 0 Å². The highest BCUT2D eigenvalue weighted by atomic mass is 16.7. The zero-order valence-electron chi connectivity index (χ0n) is 21.7. The average molecular weight is 539 g/mol. The van der Waals surface area contributed by atoms with E-state index in [4.69, 9.17) is 9.47 Å². The lowest BCUT2D eigenvalue weighted by Crippen LogP contribution is -2.62. The van der Waals surface area contributed by atoms with E-state index in [1.54, 1.807) is 6.08 Å². The van der Waals surface area contributed by atoms with Crippen molar-refractivity contribution in [2.45, 2.75) is 101 Å². The molecule has 0 aromatic heterocycles. The van der Waals surface area contributed by atoms with Gasteiger partial charge in [0.2, 0.25) is 5.78 Å². The number of hydrogen-bond donors (Lipinski definition) is 6. The van der Waals surface area contributed by atoms with Gasteiger partial charge in [-0.3, -0.25) is 9.59 Å². The van der Waals surface area contributed by atoms with E-state index in [0.29, 0.717) is 19.3 Å². The molecule has 11 nitrogen and oxygen atoms in total. The van der Waals surface area contributed by atoms with Crippen molar-refractivity contribution in [2.75, 3.05) is 6.61 Å². The number of carbonyl (C=O) groups excluding carboxylic acids is 3. The molecule has 11 heteroatoms. The first-order valence-corrected chi connectivity index (χ1v) is 13.5. The maximum atomic E-state index is 13.4. The summed E-state index contributed by atoms with van der Waals surface area (Å²) in [5.74, 6) is -1.92. The fourth-order valence-corrected chi connectivity index (χ4v) is 8.54. The second-order valence-corrected chi connectivity index (χ2v) is 12.4. The topological polar surface area (TPSA) is 191 Å². The summed E-state index contributed by atoms with van der Waals surface area (Å²) in [7, 11) is 0. The van der Waals surface area contributed by atoms with Gasteiger partial charge >= 0.3 is 5.97 Å². The number of aliphatic hydroxyl groups is 6. The lowest BCUT2D eigenvalue weighted by molar-refractivity contribution is -0.281. The van der Waals surface area contributed by atoms with Crippen molar-refractivity contribution in [3.63, 3.8) is 0 Å². The molecule has 4 aliphatic carbocycles. The van der Waals surface area contributed by atoms with Crippen LogP contribution < -0.4 is 0 Å². The van der Waals surface area contributed by atoms with Crippen molar-refractivity contribution < 1.29 is 54.5 Å². The van der Waals surface area contributed by atoms with Gasteiger partial charge < -0.3 is 40.1 Å². The first kappa shape index (κ1) is 27.8. The molecule has 0 aromatic rings. The van der Waals surface area contributed by atoms with E-state index in [2.05, 4.69) is 6.92 Å². The number of ketones is 2. The number of carbonyl (C=O) groups is 3. The highest BCUT2D eigenvalue weighted by Crippen LogP contribution is 2.67. The summed E-state index contributed by atoms with van der Waals surface area (Å²) in [5.41, 5.74) is -2.04. The number of Topliss-reactive ketones (excluding diaryl/α,β-unsaturated/α-hetero) is 1. The number of hydrogen-bond acceptors (Lipinski definition) is 11. The molecule has 4 fully saturated rings. The molecular formula is C27H38O11. The van der Waals surface area contributed by atoms with E-state index in [-0.39, 0.29) is 41.8 Å². The summed E-state index contributed by atoms with van der Waals surface area (Å²) in [4.78, 5) is 38.0. The molecule has 1 heterocycles. The van der Waals surface area contributed by atoms with Gasteiger partial charge in [0.1, 0.15) is 23.9 Å². The second kappa shape index (κ2) is 9.43. The summed E-state index contributed by atoms with van der Waals surface area (Å²) in [6, 6.07) is 0. The Hall–Kier alpha value is -1.73. The fourth-order valence-electron chi connectivity index (χ4n) is 8.54. The van der Waals surface area contributed by atoms with Gasteiger partial charge in [-0.1, -0.05) is 19.4 Å². The molecule has 38 heavy (non-hydrogen) atoms. The van der Waals surface area contributed by atoms with Crippen LogP contribution in [0.1, 0.15) is 58.8 Å². The van der Waals surface area contributed by atoms with E-state index in [9.17, 15) is 45.0 Å². The van der Waals surface area contributed by atoms with E-state index in [0.717, 1.165) is 18.4 Å². The molecule has 212 valence electrons. The van der Waals surface area contributed by atoms with Crippen molar-refractivity contribution >= 4 is 17.5 Å². The van der Waals surface area contributed by atoms with Gasteiger partial charge in [0, 0.05) is 11.8 Å². The summed E-state index contributed by atoms with van der Waals surface area (Å²) in [5, 5.41) is 62.3. The first-order valence-electron chi connectivity index (χ1n) is 13.5. The van der Waals surface area contributed by atoms with E-state index < -0.39 is 66.2 Å². The number of aliphatic hydroxyl groups excluding tert-OH is 5. The number of rotatable bonds is 4. The molecule has 1 saturated heterocycles. The van der Waals surface area contributed by atoms with E-state index >= 15 is 0 Å². The zero-order chi connectivity index (χ0) is 27.8. The van der Waals surface area contributed by atoms with Gasteiger partial charge in [0.25, 0.3) is 0 Å². The maximum absolute atomic E-state index is 13.4. The van der Waals surface area contributed by atoms with Crippen molar-refractivity contribution in [1.82, 2.24) is 0 Å². The molecule has 0 amide bonds.